The Hall–Kier alpha value is -7.88. The molecule has 0 bridgehead atoms. The van der Waals surface area contributed by atoms with Crippen molar-refractivity contribution in [3.63, 3.8) is 0 Å². The molecule has 1 N–H and O–H groups in total. The molecule has 0 amide bonds. The van der Waals surface area contributed by atoms with E-state index < -0.39 is 17.0 Å². The normalized spacial score (nSPS) is 16.2. The van der Waals surface area contributed by atoms with E-state index >= 15 is 0 Å². The summed E-state index contributed by atoms with van der Waals surface area (Å²) in [6, 6.07) is 85.9. The van der Waals surface area contributed by atoms with Gasteiger partial charge in [-0.05, 0) is 84.5 Å². The summed E-state index contributed by atoms with van der Waals surface area (Å²) in [4.78, 5) is 10.9. The first-order valence-electron chi connectivity index (χ1n) is 21.4. The van der Waals surface area contributed by atoms with Crippen LogP contribution in [0.1, 0.15) is 67.4 Å². The molecule has 0 fully saturated rings. The lowest BCUT2D eigenvalue weighted by molar-refractivity contribution is 0.669. The van der Waals surface area contributed by atoms with Gasteiger partial charge in [-0.2, -0.15) is 0 Å². The third kappa shape index (κ3) is 5.31. The first-order valence-corrected chi connectivity index (χ1v) is 21.4. The zero-order chi connectivity index (χ0) is 41.1. The maximum absolute atomic E-state index is 5.55. The third-order valence-corrected chi connectivity index (χ3v) is 13.3. The lowest BCUT2D eigenvalue weighted by Crippen LogP contribution is -2.34. The lowest BCUT2D eigenvalue weighted by Gasteiger charge is -2.34. The Morgan fingerprint density at radius 1 is 0.339 bits per heavy atom. The molecule has 0 aromatic heterocycles. The predicted molar refractivity (Wildman–Crippen MR) is 253 cm³/mol. The first-order chi connectivity index (χ1) is 30.7. The number of nitrogens with zero attached hydrogens (tertiary/aromatic N) is 2. The number of fused-ring (bicyclic) bond motifs is 6. The topological polar surface area (TPSA) is 36.8 Å². The van der Waals surface area contributed by atoms with E-state index in [-0.39, 0.29) is 0 Å². The van der Waals surface area contributed by atoms with E-state index in [0.717, 1.165) is 22.5 Å². The van der Waals surface area contributed by atoms with Crippen molar-refractivity contribution in [2.45, 2.75) is 17.0 Å². The average Bonchev–Trinajstić information content (AvgIpc) is 3.83. The van der Waals surface area contributed by atoms with E-state index in [0.29, 0.717) is 5.84 Å². The van der Waals surface area contributed by atoms with E-state index in [9.17, 15) is 0 Å². The molecule has 1 aliphatic heterocycles. The minimum atomic E-state index is -0.531. The summed E-state index contributed by atoms with van der Waals surface area (Å²) in [7, 11) is 0. The van der Waals surface area contributed by atoms with Crippen molar-refractivity contribution < 1.29 is 0 Å². The minimum absolute atomic E-state index is 0.408. The molecule has 2 aliphatic carbocycles. The van der Waals surface area contributed by atoms with Crippen molar-refractivity contribution in [1.82, 2.24) is 5.32 Å². The van der Waals surface area contributed by atoms with Crippen LogP contribution >= 0.6 is 0 Å². The lowest BCUT2D eigenvalue weighted by atomic mass is 9.67. The quantitative estimate of drug-likeness (QED) is 0.171. The van der Waals surface area contributed by atoms with Gasteiger partial charge in [0.05, 0.1) is 10.8 Å². The summed E-state index contributed by atoms with van der Waals surface area (Å²) in [5, 5.41) is 3.80. The number of nitrogens with one attached hydrogen (secondary N) is 1. The van der Waals surface area contributed by atoms with Gasteiger partial charge in [0.2, 0.25) is 0 Å². The zero-order valence-corrected chi connectivity index (χ0v) is 34.0. The number of hydrogen-bond donors (Lipinski definition) is 1. The molecular formula is C59H41N3. The highest BCUT2D eigenvalue weighted by molar-refractivity contribution is 6.13. The molecule has 0 saturated heterocycles. The summed E-state index contributed by atoms with van der Waals surface area (Å²) in [5.41, 5.74) is 17.0. The Balaban J connectivity index is 1.07. The van der Waals surface area contributed by atoms with Crippen molar-refractivity contribution in [2.24, 2.45) is 9.98 Å². The van der Waals surface area contributed by atoms with Crippen LogP contribution in [0.5, 0.6) is 0 Å². The van der Waals surface area contributed by atoms with Crippen molar-refractivity contribution >= 4 is 11.7 Å². The van der Waals surface area contributed by atoms with Crippen LogP contribution in [-0.2, 0) is 10.8 Å². The molecule has 3 nitrogen and oxygen atoms in total. The van der Waals surface area contributed by atoms with Crippen molar-refractivity contribution in [2.75, 3.05) is 0 Å². The highest BCUT2D eigenvalue weighted by Gasteiger charge is 2.48. The Bertz CT molecular complexity index is 3110. The van der Waals surface area contributed by atoms with E-state index in [4.69, 9.17) is 9.98 Å². The molecule has 9 aromatic rings. The van der Waals surface area contributed by atoms with Crippen LogP contribution in [0.2, 0.25) is 0 Å². The Morgan fingerprint density at radius 2 is 0.742 bits per heavy atom. The van der Waals surface area contributed by atoms with Crippen molar-refractivity contribution in [3.05, 3.63) is 298 Å². The summed E-state index contributed by atoms with van der Waals surface area (Å²) in [5.74, 6) is 1.49. The summed E-state index contributed by atoms with van der Waals surface area (Å²) >= 11 is 0. The Labute approximate surface area is 362 Å². The number of rotatable bonds is 7. The fourth-order valence-corrected chi connectivity index (χ4v) is 10.7. The molecule has 0 spiro atoms. The van der Waals surface area contributed by atoms with Gasteiger partial charge in [-0.25, -0.2) is 9.98 Å². The van der Waals surface area contributed by atoms with Gasteiger partial charge in [0, 0.05) is 11.1 Å². The van der Waals surface area contributed by atoms with Gasteiger partial charge in [0.15, 0.2) is 5.84 Å². The fraction of sp³-hybridized carbons (Fsp3) is 0.0508. The SMILES string of the molecule is c1ccc(C2=NC(c3ccc4c(c3)C(c3ccccc3)(c3ccccc3)c3ccccc3-4)=NC(c3ccc4c(c3)C(c3ccccc3)(c3ccccc3)c3ccccc3-4)N2)cc1. The third-order valence-electron chi connectivity index (χ3n) is 13.3. The maximum Gasteiger partial charge on any atom is 0.159 e. The number of aliphatic imine (C=N–C) groups is 2. The van der Waals surface area contributed by atoms with Gasteiger partial charge in [0.25, 0.3) is 0 Å². The molecule has 3 heteroatoms. The predicted octanol–water partition coefficient (Wildman–Crippen LogP) is 12.9. The van der Waals surface area contributed by atoms with Gasteiger partial charge in [0.1, 0.15) is 12.0 Å². The summed E-state index contributed by atoms with van der Waals surface area (Å²) in [6.07, 6.45) is -0.408. The largest absolute Gasteiger partial charge is 0.344 e. The van der Waals surface area contributed by atoms with Crippen LogP contribution in [0.15, 0.2) is 247 Å². The van der Waals surface area contributed by atoms with Gasteiger partial charge in [-0.3, -0.25) is 0 Å². The molecule has 62 heavy (non-hydrogen) atoms. The highest BCUT2D eigenvalue weighted by Crippen LogP contribution is 2.58. The van der Waals surface area contributed by atoms with E-state index in [1.165, 1.54) is 66.8 Å². The van der Waals surface area contributed by atoms with Crippen LogP contribution in [0.25, 0.3) is 22.3 Å². The van der Waals surface area contributed by atoms with E-state index in [1.807, 2.05) is 0 Å². The molecular weight excluding hydrogens is 751 g/mol. The van der Waals surface area contributed by atoms with Crippen LogP contribution < -0.4 is 5.32 Å². The molecule has 12 rings (SSSR count). The second-order valence-corrected chi connectivity index (χ2v) is 16.4. The van der Waals surface area contributed by atoms with Crippen molar-refractivity contribution in [3.8, 4) is 22.3 Å². The standard InChI is InChI=1S/C59H41N3/c1-6-20-40(21-7-1)55-60-56(41-34-36-49-47-30-16-18-32-51(47)58(53(49)38-41,43-22-8-2-9-23-43)44-24-10-3-11-25-44)62-57(61-55)42-35-37-50-48-31-17-19-33-52(48)59(54(50)39-42,45-26-12-4-13-27-45)46-28-14-5-15-29-46/h1-39,56H,(H,60,61,62). The minimum Gasteiger partial charge on any atom is -0.344 e. The first kappa shape index (κ1) is 36.0. The fourth-order valence-electron chi connectivity index (χ4n) is 10.7. The van der Waals surface area contributed by atoms with Crippen molar-refractivity contribution in [1.29, 1.82) is 0 Å². The molecule has 292 valence electrons. The van der Waals surface area contributed by atoms with Gasteiger partial charge in [-0.15, -0.1) is 0 Å². The van der Waals surface area contributed by atoms with Gasteiger partial charge >= 0.3 is 0 Å². The average molecular weight is 792 g/mol. The summed E-state index contributed by atoms with van der Waals surface area (Å²) in [6.45, 7) is 0. The maximum atomic E-state index is 5.55. The second kappa shape index (κ2) is 14.4. The van der Waals surface area contributed by atoms with Crippen LogP contribution in [0.3, 0.4) is 0 Å². The van der Waals surface area contributed by atoms with Crippen LogP contribution in [-0.4, -0.2) is 11.7 Å². The number of amidine groups is 2. The highest BCUT2D eigenvalue weighted by atomic mass is 15.2. The monoisotopic (exact) mass is 791 g/mol. The van der Waals surface area contributed by atoms with E-state index in [1.54, 1.807) is 0 Å². The molecule has 1 atom stereocenters. The molecule has 0 saturated carbocycles. The smallest absolute Gasteiger partial charge is 0.159 e. The van der Waals surface area contributed by atoms with Crippen LogP contribution in [0.4, 0.5) is 0 Å². The van der Waals surface area contributed by atoms with E-state index in [2.05, 4.69) is 242 Å². The molecule has 1 unspecified atom stereocenters. The molecule has 0 radical (unpaired) electrons. The number of hydrogen-bond acceptors (Lipinski definition) is 3. The van der Waals surface area contributed by atoms with Gasteiger partial charge in [-0.1, -0.05) is 224 Å². The second-order valence-electron chi connectivity index (χ2n) is 16.4. The molecule has 1 heterocycles. The number of benzene rings is 9. The van der Waals surface area contributed by atoms with Gasteiger partial charge < -0.3 is 5.32 Å². The zero-order valence-electron chi connectivity index (χ0n) is 34.0. The molecule has 9 aromatic carbocycles. The molecule has 3 aliphatic rings. The van der Waals surface area contributed by atoms with Crippen LogP contribution in [0, 0.1) is 0 Å². The Morgan fingerprint density at radius 3 is 1.24 bits per heavy atom. The summed E-state index contributed by atoms with van der Waals surface area (Å²) < 4.78 is 0. The Kier molecular flexibility index (Phi) is 8.36.